The van der Waals surface area contributed by atoms with Crippen molar-refractivity contribution in [3.8, 4) is 39.8 Å². The molecule has 0 aliphatic heterocycles. The number of carbonyl (C=O) groups is 2. The van der Waals surface area contributed by atoms with Crippen LogP contribution in [0.2, 0.25) is 0 Å². The van der Waals surface area contributed by atoms with E-state index in [0.717, 1.165) is 16.8 Å². The largest absolute Gasteiger partial charge is 0.497 e. The van der Waals surface area contributed by atoms with E-state index in [2.05, 4.69) is 25.7 Å². The number of hydrogen-bond acceptors (Lipinski definition) is 8. The minimum Gasteiger partial charge on any atom is -0.497 e. The van der Waals surface area contributed by atoms with Gasteiger partial charge in [-0.25, -0.2) is 4.98 Å². The number of aromatic amines is 1. The first kappa shape index (κ1) is 23.4. The Morgan fingerprint density at radius 2 is 1.57 bits per heavy atom. The van der Waals surface area contributed by atoms with E-state index in [1.807, 2.05) is 24.3 Å². The van der Waals surface area contributed by atoms with E-state index in [9.17, 15) is 9.59 Å². The van der Waals surface area contributed by atoms with E-state index >= 15 is 0 Å². The molecule has 0 fully saturated rings. The fourth-order valence-electron chi connectivity index (χ4n) is 3.40. The van der Waals surface area contributed by atoms with Crippen LogP contribution in [-0.4, -0.2) is 60.0 Å². The second-order valence-corrected chi connectivity index (χ2v) is 7.39. The molecule has 2 aromatic heterocycles. The molecule has 0 saturated carbocycles. The Hall–Kier alpha value is -4.73. The molecule has 4 aromatic rings. The first-order chi connectivity index (χ1) is 17.0. The van der Waals surface area contributed by atoms with Gasteiger partial charge in [0.05, 0.1) is 39.8 Å². The highest BCUT2D eigenvalue weighted by molar-refractivity contribution is 6.01. The standard InChI is InChI=1S/C25H23N5O5/c1-33-18-11-19(15-4-6-16(7-5-15)21-13-27-30-29-21)28-20(12-18)22(31)14-26-25(32)17-8-9-23(34-2)24(10-17)35-3/h4-13H,14H2,1-3H3,(H,26,32)(H,27,29,30). The first-order valence-corrected chi connectivity index (χ1v) is 10.6. The molecule has 1 amide bonds. The number of hydrogen-bond donors (Lipinski definition) is 2. The zero-order valence-corrected chi connectivity index (χ0v) is 19.4. The molecule has 0 unspecified atom stereocenters. The number of Topliss-reactive ketones (excluding diaryl/α,β-unsaturated/α-hetero) is 1. The molecule has 0 aliphatic rings. The van der Waals surface area contributed by atoms with Crippen LogP contribution >= 0.6 is 0 Å². The molecule has 0 radical (unpaired) electrons. The topological polar surface area (TPSA) is 128 Å². The number of benzene rings is 2. The number of ketones is 1. The molecular weight excluding hydrogens is 450 g/mol. The molecule has 0 atom stereocenters. The third kappa shape index (κ3) is 5.27. The summed E-state index contributed by atoms with van der Waals surface area (Å²) in [5.74, 6) is 0.608. The lowest BCUT2D eigenvalue weighted by Gasteiger charge is -2.11. The van der Waals surface area contributed by atoms with Crippen LogP contribution in [0.5, 0.6) is 17.2 Å². The maximum Gasteiger partial charge on any atom is 0.251 e. The van der Waals surface area contributed by atoms with Gasteiger partial charge in [0.2, 0.25) is 0 Å². The van der Waals surface area contributed by atoms with Crippen LogP contribution in [0.1, 0.15) is 20.8 Å². The van der Waals surface area contributed by atoms with Crippen molar-refractivity contribution in [1.82, 2.24) is 25.7 Å². The van der Waals surface area contributed by atoms with Crippen LogP contribution in [-0.2, 0) is 0 Å². The molecule has 4 rings (SSSR count). The number of H-pyrrole nitrogens is 1. The van der Waals surface area contributed by atoms with Gasteiger partial charge >= 0.3 is 0 Å². The molecule has 0 saturated heterocycles. The van der Waals surface area contributed by atoms with Gasteiger partial charge in [0.15, 0.2) is 17.3 Å². The van der Waals surface area contributed by atoms with Crippen LogP contribution in [0.4, 0.5) is 0 Å². The molecule has 0 bridgehead atoms. The summed E-state index contributed by atoms with van der Waals surface area (Å²) in [5, 5.41) is 13.1. The van der Waals surface area contributed by atoms with Crippen molar-refractivity contribution >= 4 is 11.7 Å². The van der Waals surface area contributed by atoms with E-state index in [1.165, 1.54) is 27.4 Å². The zero-order chi connectivity index (χ0) is 24.8. The van der Waals surface area contributed by atoms with Gasteiger partial charge in [-0.05, 0) is 18.2 Å². The summed E-state index contributed by atoms with van der Waals surface area (Å²) in [4.78, 5) is 29.9. The molecule has 0 aliphatic carbocycles. The Kier molecular flexibility index (Phi) is 7.01. The second-order valence-electron chi connectivity index (χ2n) is 7.39. The lowest BCUT2D eigenvalue weighted by molar-refractivity contribution is 0.0902. The quantitative estimate of drug-likeness (QED) is 0.355. The average molecular weight is 473 g/mol. The van der Waals surface area contributed by atoms with E-state index in [4.69, 9.17) is 14.2 Å². The molecule has 10 heteroatoms. The Morgan fingerprint density at radius 3 is 2.20 bits per heavy atom. The maximum atomic E-state index is 12.9. The molecule has 2 N–H and O–H groups in total. The van der Waals surface area contributed by atoms with Gasteiger partial charge in [-0.2, -0.15) is 15.4 Å². The number of aromatic nitrogens is 4. The molecule has 0 spiro atoms. The number of pyridine rings is 1. The summed E-state index contributed by atoms with van der Waals surface area (Å²) in [6.45, 7) is -0.238. The van der Waals surface area contributed by atoms with Crippen molar-refractivity contribution in [2.75, 3.05) is 27.9 Å². The zero-order valence-electron chi connectivity index (χ0n) is 19.4. The van der Waals surface area contributed by atoms with Gasteiger partial charge < -0.3 is 19.5 Å². The number of methoxy groups -OCH3 is 3. The van der Waals surface area contributed by atoms with Gasteiger partial charge in [0, 0.05) is 28.8 Å². The van der Waals surface area contributed by atoms with Crippen molar-refractivity contribution in [2.24, 2.45) is 0 Å². The monoisotopic (exact) mass is 473 g/mol. The fourth-order valence-corrected chi connectivity index (χ4v) is 3.40. The predicted octanol–water partition coefficient (Wildman–Crippen LogP) is 3.17. The fraction of sp³-hybridized carbons (Fsp3) is 0.160. The smallest absolute Gasteiger partial charge is 0.251 e. The van der Waals surface area contributed by atoms with Gasteiger partial charge in [-0.15, -0.1) is 0 Å². The predicted molar refractivity (Wildman–Crippen MR) is 128 cm³/mol. The highest BCUT2D eigenvalue weighted by atomic mass is 16.5. The Balaban J connectivity index is 1.50. The molecule has 178 valence electrons. The summed E-state index contributed by atoms with van der Waals surface area (Å²) < 4.78 is 15.8. The van der Waals surface area contributed by atoms with E-state index in [0.29, 0.717) is 28.5 Å². The summed E-state index contributed by atoms with van der Waals surface area (Å²) in [5.41, 5.74) is 3.47. The molecular formula is C25H23N5O5. The van der Waals surface area contributed by atoms with E-state index < -0.39 is 5.91 Å². The SMILES string of the molecule is COc1cc(C(=O)CNC(=O)c2ccc(OC)c(OC)c2)nc(-c2ccc(-c3cn[nH]n3)cc2)c1. The van der Waals surface area contributed by atoms with Crippen molar-refractivity contribution in [3.05, 3.63) is 72.1 Å². The van der Waals surface area contributed by atoms with Gasteiger partial charge in [0.1, 0.15) is 17.1 Å². The average Bonchev–Trinajstić information content (AvgIpc) is 3.46. The summed E-state index contributed by atoms with van der Waals surface area (Å²) in [7, 11) is 4.51. The Labute approximate surface area is 201 Å². The number of ether oxygens (including phenoxy) is 3. The molecule has 2 heterocycles. The first-order valence-electron chi connectivity index (χ1n) is 10.6. The van der Waals surface area contributed by atoms with Crippen LogP contribution in [0.25, 0.3) is 22.5 Å². The number of nitrogens with zero attached hydrogens (tertiary/aromatic N) is 3. The van der Waals surface area contributed by atoms with Gasteiger partial charge in [-0.1, -0.05) is 24.3 Å². The Bertz CT molecular complexity index is 1340. The van der Waals surface area contributed by atoms with Crippen molar-refractivity contribution in [2.45, 2.75) is 0 Å². The van der Waals surface area contributed by atoms with Crippen LogP contribution < -0.4 is 19.5 Å². The molecule has 35 heavy (non-hydrogen) atoms. The van der Waals surface area contributed by atoms with Crippen molar-refractivity contribution in [3.63, 3.8) is 0 Å². The van der Waals surface area contributed by atoms with E-state index in [1.54, 1.807) is 30.5 Å². The Morgan fingerprint density at radius 1 is 0.857 bits per heavy atom. The maximum absolute atomic E-state index is 12.9. The van der Waals surface area contributed by atoms with Crippen LogP contribution in [0.3, 0.4) is 0 Å². The number of amides is 1. The van der Waals surface area contributed by atoms with Gasteiger partial charge in [-0.3, -0.25) is 9.59 Å². The van der Waals surface area contributed by atoms with Crippen LogP contribution in [0, 0.1) is 0 Å². The highest BCUT2D eigenvalue weighted by Gasteiger charge is 2.16. The van der Waals surface area contributed by atoms with Gasteiger partial charge in [0.25, 0.3) is 5.91 Å². The second kappa shape index (κ2) is 10.5. The summed E-state index contributed by atoms with van der Waals surface area (Å²) in [6, 6.07) is 15.6. The summed E-state index contributed by atoms with van der Waals surface area (Å²) >= 11 is 0. The minimum atomic E-state index is -0.425. The number of rotatable bonds is 9. The molecule has 10 nitrogen and oxygen atoms in total. The third-order valence-electron chi connectivity index (χ3n) is 5.27. The third-order valence-corrected chi connectivity index (χ3v) is 5.27. The minimum absolute atomic E-state index is 0.174. The van der Waals surface area contributed by atoms with Crippen LogP contribution in [0.15, 0.2) is 60.8 Å². The lowest BCUT2D eigenvalue weighted by atomic mass is 10.1. The number of carbonyl (C=O) groups excluding carboxylic acids is 2. The summed E-state index contributed by atoms with van der Waals surface area (Å²) in [6.07, 6.45) is 1.63. The highest BCUT2D eigenvalue weighted by Crippen LogP contribution is 2.28. The van der Waals surface area contributed by atoms with Crippen molar-refractivity contribution in [1.29, 1.82) is 0 Å². The number of nitrogens with one attached hydrogen (secondary N) is 2. The molecule has 2 aromatic carbocycles. The normalized spacial score (nSPS) is 10.5. The van der Waals surface area contributed by atoms with Crippen molar-refractivity contribution < 1.29 is 23.8 Å². The van der Waals surface area contributed by atoms with E-state index in [-0.39, 0.29) is 18.0 Å². The lowest BCUT2D eigenvalue weighted by Crippen LogP contribution is -2.30.